The Balaban J connectivity index is 1.76. The smallest absolute Gasteiger partial charge is 0.337 e. The first-order valence-corrected chi connectivity index (χ1v) is 12.3. The summed E-state index contributed by atoms with van der Waals surface area (Å²) in [7, 11) is 0. The maximum Gasteiger partial charge on any atom is 0.337 e. The van der Waals surface area contributed by atoms with Gasteiger partial charge < -0.3 is 9.67 Å². The van der Waals surface area contributed by atoms with Crippen molar-refractivity contribution in [2.24, 2.45) is 5.92 Å². The van der Waals surface area contributed by atoms with E-state index in [-0.39, 0.29) is 0 Å². The molecule has 31 heavy (non-hydrogen) atoms. The van der Waals surface area contributed by atoms with Crippen LogP contribution in [0.2, 0.25) is 0 Å². The molecule has 162 valence electrons. The van der Waals surface area contributed by atoms with Crippen LogP contribution in [0.5, 0.6) is 0 Å². The SMILES string of the molecule is CCCCCCC1CCCc2c(n(Cc3csc(C#N)c3)c3c(C(=O)O)cccc23)C1. The van der Waals surface area contributed by atoms with Gasteiger partial charge in [-0.15, -0.1) is 11.3 Å². The highest BCUT2D eigenvalue weighted by Crippen LogP contribution is 2.37. The molecule has 1 unspecified atom stereocenters. The number of carboxylic acids is 1. The molecule has 1 aliphatic carbocycles. The first-order chi connectivity index (χ1) is 15.1. The van der Waals surface area contributed by atoms with Crippen LogP contribution < -0.4 is 0 Å². The van der Waals surface area contributed by atoms with E-state index >= 15 is 0 Å². The van der Waals surface area contributed by atoms with Crippen LogP contribution in [0, 0.1) is 17.2 Å². The van der Waals surface area contributed by atoms with Gasteiger partial charge in [-0.3, -0.25) is 0 Å². The number of aryl methyl sites for hydroxylation is 1. The Bertz CT molecular complexity index is 1120. The third-order valence-corrected chi connectivity index (χ3v) is 7.51. The number of unbranched alkanes of at least 4 members (excludes halogenated alkanes) is 3. The topological polar surface area (TPSA) is 66.0 Å². The van der Waals surface area contributed by atoms with Gasteiger partial charge in [0.15, 0.2) is 0 Å². The lowest BCUT2D eigenvalue weighted by Crippen LogP contribution is -2.11. The monoisotopic (exact) mass is 434 g/mol. The minimum absolute atomic E-state index is 0.376. The number of carbonyl (C=O) groups is 1. The Labute approximate surface area is 188 Å². The van der Waals surface area contributed by atoms with Gasteiger partial charge >= 0.3 is 5.97 Å². The number of thiophene rings is 1. The number of carboxylic acid groups (broad SMARTS) is 1. The van der Waals surface area contributed by atoms with Gasteiger partial charge in [0.1, 0.15) is 10.9 Å². The van der Waals surface area contributed by atoms with E-state index in [1.807, 2.05) is 17.5 Å². The van der Waals surface area contributed by atoms with E-state index in [1.165, 1.54) is 67.5 Å². The molecule has 2 heterocycles. The maximum absolute atomic E-state index is 12.1. The molecule has 0 aliphatic heterocycles. The highest BCUT2D eigenvalue weighted by molar-refractivity contribution is 7.10. The highest BCUT2D eigenvalue weighted by Gasteiger charge is 2.26. The molecule has 2 aromatic heterocycles. The molecule has 4 nitrogen and oxygen atoms in total. The Morgan fingerprint density at radius 3 is 2.94 bits per heavy atom. The first kappa shape index (κ1) is 21.6. The standard InChI is InChI=1S/C26H30N2O2S/c1-2-3-4-5-8-18-9-6-10-21-22-11-7-12-23(26(29)30)25(22)28(24(21)14-18)16-19-13-20(15-27)31-17-19/h7,11-13,17-18H,2-6,8-10,14,16H2,1H3,(H,29,30). The van der Waals surface area contributed by atoms with Gasteiger partial charge in [-0.1, -0.05) is 51.2 Å². The zero-order chi connectivity index (χ0) is 21.8. The summed E-state index contributed by atoms with van der Waals surface area (Å²) >= 11 is 1.45. The maximum atomic E-state index is 12.1. The summed E-state index contributed by atoms with van der Waals surface area (Å²) in [6.45, 7) is 2.87. The van der Waals surface area contributed by atoms with Crippen molar-refractivity contribution >= 4 is 28.2 Å². The van der Waals surface area contributed by atoms with Gasteiger partial charge in [0, 0.05) is 17.6 Å². The van der Waals surface area contributed by atoms with Crippen LogP contribution in [0.3, 0.4) is 0 Å². The number of rotatable bonds is 8. The molecule has 0 bridgehead atoms. The van der Waals surface area contributed by atoms with E-state index in [9.17, 15) is 15.2 Å². The fourth-order valence-electron chi connectivity index (χ4n) is 5.14. The number of nitrogens with zero attached hydrogens (tertiary/aromatic N) is 2. The molecule has 5 heteroatoms. The molecule has 1 atom stereocenters. The number of fused-ring (bicyclic) bond motifs is 3. The van der Waals surface area contributed by atoms with Crippen molar-refractivity contribution in [3.8, 4) is 6.07 Å². The normalized spacial score (nSPS) is 16.1. The lowest BCUT2D eigenvalue weighted by molar-refractivity contribution is 0.0698. The van der Waals surface area contributed by atoms with Gasteiger partial charge in [0.05, 0.1) is 11.1 Å². The third kappa shape index (κ3) is 4.55. The summed E-state index contributed by atoms with van der Waals surface area (Å²) in [6, 6.07) is 9.84. The number of nitriles is 1. The molecule has 4 rings (SSSR count). The number of benzene rings is 1. The molecule has 0 radical (unpaired) electrons. The van der Waals surface area contributed by atoms with E-state index in [0.29, 0.717) is 22.9 Å². The van der Waals surface area contributed by atoms with Crippen molar-refractivity contribution in [3.05, 3.63) is 56.9 Å². The van der Waals surface area contributed by atoms with Gasteiger partial charge in [-0.05, 0) is 60.2 Å². The van der Waals surface area contributed by atoms with Crippen LogP contribution in [0.4, 0.5) is 0 Å². The molecule has 0 saturated carbocycles. The van der Waals surface area contributed by atoms with E-state index in [4.69, 9.17) is 0 Å². The third-order valence-electron chi connectivity index (χ3n) is 6.63. The fourth-order valence-corrected chi connectivity index (χ4v) is 5.83. The Morgan fingerprint density at radius 1 is 1.32 bits per heavy atom. The van der Waals surface area contributed by atoms with Crippen molar-refractivity contribution in [3.63, 3.8) is 0 Å². The second-order valence-corrected chi connectivity index (χ2v) is 9.67. The molecule has 0 saturated heterocycles. The largest absolute Gasteiger partial charge is 0.478 e. The summed E-state index contributed by atoms with van der Waals surface area (Å²) in [5.41, 5.74) is 4.94. The molecule has 1 aliphatic rings. The Hall–Kier alpha value is -2.58. The van der Waals surface area contributed by atoms with Crippen molar-refractivity contribution < 1.29 is 9.90 Å². The predicted octanol–water partition coefficient (Wildman–Crippen LogP) is 6.79. The predicted molar refractivity (Wildman–Crippen MR) is 126 cm³/mol. The number of para-hydroxylation sites is 1. The lowest BCUT2D eigenvalue weighted by Gasteiger charge is -2.17. The summed E-state index contributed by atoms with van der Waals surface area (Å²) in [4.78, 5) is 12.8. The van der Waals surface area contributed by atoms with Crippen LogP contribution >= 0.6 is 11.3 Å². The molecular weight excluding hydrogens is 404 g/mol. The lowest BCUT2D eigenvalue weighted by atomic mass is 9.93. The average Bonchev–Trinajstić information content (AvgIpc) is 3.27. The van der Waals surface area contributed by atoms with E-state index < -0.39 is 5.97 Å². The van der Waals surface area contributed by atoms with Crippen molar-refractivity contribution in [1.29, 1.82) is 5.26 Å². The van der Waals surface area contributed by atoms with Gasteiger partial charge in [-0.2, -0.15) is 5.26 Å². The second-order valence-electron chi connectivity index (χ2n) is 8.76. The number of aromatic carboxylic acids is 1. The van der Waals surface area contributed by atoms with Crippen molar-refractivity contribution in [2.45, 2.75) is 71.3 Å². The summed E-state index contributed by atoms with van der Waals surface area (Å²) in [6.07, 6.45) is 10.8. The van der Waals surface area contributed by atoms with Gasteiger partial charge in [0.2, 0.25) is 0 Å². The van der Waals surface area contributed by atoms with Crippen molar-refractivity contribution in [1.82, 2.24) is 4.57 Å². The quantitative estimate of drug-likeness (QED) is 0.314. The molecule has 1 aromatic carbocycles. The van der Waals surface area contributed by atoms with Crippen molar-refractivity contribution in [2.75, 3.05) is 0 Å². The molecule has 3 aromatic rings. The fraction of sp³-hybridized carbons (Fsp3) is 0.462. The molecule has 1 N–H and O–H groups in total. The molecule has 0 spiro atoms. The van der Waals surface area contributed by atoms with Crippen LogP contribution in [0.1, 0.15) is 83.9 Å². The molecule has 0 amide bonds. The minimum Gasteiger partial charge on any atom is -0.478 e. The summed E-state index contributed by atoms with van der Waals surface area (Å²) in [5.74, 6) is -0.217. The number of aromatic nitrogens is 1. The summed E-state index contributed by atoms with van der Waals surface area (Å²) in [5, 5.41) is 22.2. The van der Waals surface area contributed by atoms with Crippen LogP contribution in [-0.4, -0.2) is 15.6 Å². The first-order valence-electron chi connectivity index (χ1n) is 11.5. The van der Waals surface area contributed by atoms with Crippen LogP contribution in [-0.2, 0) is 19.4 Å². The minimum atomic E-state index is -0.876. The van der Waals surface area contributed by atoms with Crippen LogP contribution in [0.25, 0.3) is 10.9 Å². The van der Waals surface area contributed by atoms with Gasteiger partial charge in [0.25, 0.3) is 0 Å². The zero-order valence-corrected chi connectivity index (χ0v) is 19.0. The number of hydrogen-bond acceptors (Lipinski definition) is 3. The second kappa shape index (κ2) is 9.70. The van der Waals surface area contributed by atoms with E-state index in [1.54, 1.807) is 6.07 Å². The molecule has 0 fully saturated rings. The highest BCUT2D eigenvalue weighted by atomic mass is 32.1. The van der Waals surface area contributed by atoms with Crippen LogP contribution in [0.15, 0.2) is 29.6 Å². The zero-order valence-electron chi connectivity index (χ0n) is 18.2. The Morgan fingerprint density at radius 2 is 2.19 bits per heavy atom. The number of hydrogen-bond donors (Lipinski definition) is 1. The average molecular weight is 435 g/mol. The van der Waals surface area contributed by atoms with E-state index in [0.717, 1.165) is 29.3 Å². The Kier molecular flexibility index (Phi) is 6.77. The summed E-state index contributed by atoms with van der Waals surface area (Å²) < 4.78 is 2.25. The molecular formula is C26H30N2O2S. The van der Waals surface area contributed by atoms with E-state index in [2.05, 4.69) is 23.6 Å². The van der Waals surface area contributed by atoms with Gasteiger partial charge in [-0.25, -0.2) is 4.79 Å².